The summed E-state index contributed by atoms with van der Waals surface area (Å²) in [6.45, 7) is 1.86. The van der Waals surface area contributed by atoms with Crippen molar-refractivity contribution in [1.82, 2.24) is 9.45 Å². The molecule has 6 aromatic rings. The summed E-state index contributed by atoms with van der Waals surface area (Å²) in [7, 11) is -4.21. The third kappa shape index (κ3) is 4.89. The van der Waals surface area contributed by atoms with Gasteiger partial charge in [-0.3, -0.25) is 10.0 Å². The lowest BCUT2D eigenvalue weighted by molar-refractivity contribution is 0.0706. The molecule has 1 amide bonds. The minimum absolute atomic E-state index is 0.0619. The molecule has 0 radical (unpaired) electrons. The van der Waals surface area contributed by atoms with Crippen LogP contribution in [0.25, 0.3) is 44.4 Å². The third-order valence-electron chi connectivity index (χ3n) is 7.20. The molecule has 0 bridgehead atoms. The molecule has 0 saturated carbocycles. The first-order valence-corrected chi connectivity index (χ1v) is 15.3. The van der Waals surface area contributed by atoms with Crippen LogP contribution in [-0.4, -0.2) is 23.5 Å². The maximum atomic E-state index is 14.8. The summed E-state index contributed by atoms with van der Waals surface area (Å²) in [5.41, 5.74) is 6.23. The van der Waals surface area contributed by atoms with Crippen molar-refractivity contribution in [2.75, 3.05) is 0 Å². The minimum atomic E-state index is -4.21. The first-order chi connectivity index (χ1) is 20.7. The fourth-order valence-electron chi connectivity index (χ4n) is 5.15. The van der Waals surface area contributed by atoms with Crippen molar-refractivity contribution in [2.24, 2.45) is 0 Å². The molecular formula is C33H22FN3O4S2. The van der Waals surface area contributed by atoms with E-state index in [1.165, 1.54) is 45.6 Å². The Bertz CT molecular complexity index is 2180. The molecule has 0 fully saturated rings. The first-order valence-electron chi connectivity index (χ1n) is 13.0. The molecule has 4 aromatic carbocycles. The summed E-state index contributed by atoms with van der Waals surface area (Å²) in [5.74, 6) is -1.19. The number of amides is 1. The lowest BCUT2D eigenvalue weighted by Gasteiger charge is -2.15. The molecule has 0 aliphatic rings. The summed E-state index contributed by atoms with van der Waals surface area (Å²) in [6.07, 6.45) is 0. The smallest absolute Gasteiger partial charge is 0.274 e. The van der Waals surface area contributed by atoms with E-state index in [0.717, 1.165) is 16.7 Å². The number of hydroxylamine groups is 1. The highest BCUT2D eigenvalue weighted by atomic mass is 32.2. The average Bonchev–Trinajstić information content (AvgIpc) is 3.63. The van der Waals surface area contributed by atoms with Crippen molar-refractivity contribution in [3.05, 3.63) is 124 Å². The second-order valence-corrected chi connectivity index (χ2v) is 12.5. The molecule has 2 N–H and O–H groups in total. The van der Waals surface area contributed by atoms with Gasteiger partial charge in [-0.25, -0.2) is 22.3 Å². The molecule has 0 atom stereocenters. The molecular weight excluding hydrogens is 586 g/mol. The SMILES string of the molecule is Cc1ccc(S(=O)(=O)n2c(-c3cccc(-c4ccc(C(=O)NO)cc4)c3)c(-c3ccsc3C#N)c3cc(F)ccc32)cc1. The van der Waals surface area contributed by atoms with Crippen LogP contribution >= 0.6 is 11.3 Å². The van der Waals surface area contributed by atoms with Crippen LogP contribution in [-0.2, 0) is 10.0 Å². The van der Waals surface area contributed by atoms with E-state index in [9.17, 15) is 22.9 Å². The second-order valence-electron chi connectivity index (χ2n) is 9.84. The fraction of sp³-hybridized carbons (Fsp3) is 0.0303. The van der Waals surface area contributed by atoms with Gasteiger partial charge in [-0.15, -0.1) is 11.3 Å². The van der Waals surface area contributed by atoms with Crippen LogP contribution < -0.4 is 5.48 Å². The predicted molar refractivity (Wildman–Crippen MR) is 164 cm³/mol. The minimum Gasteiger partial charge on any atom is -0.288 e. The number of hydrogen-bond acceptors (Lipinski definition) is 6. The van der Waals surface area contributed by atoms with Gasteiger partial charge in [-0.05, 0) is 78.0 Å². The van der Waals surface area contributed by atoms with Gasteiger partial charge in [0.15, 0.2) is 0 Å². The summed E-state index contributed by atoms with van der Waals surface area (Å²) >= 11 is 1.22. The van der Waals surface area contributed by atoms with Gasteiger partial charge in [-0.1, -0.05) is 48.0 Å². The van der Waals surface area contributed by atoms with E-state index < -0.39 is 21.7 Å². The van der Waals surface area contributed by atoms with Gasteiger partial charge >= 0.3 is 0 Å². The molecule has 0 aliphatic heterocycles. The number of halogens is 1. The number of nitriles is 1. The van der Waals surface area contributed by atoms with Crippen LogP contribution in [0.15, 0.2) is 107 Å². The highest BCUT2D eigenvalue weighted by Gasteiger charge is 2.30. The summed E-state index contributed by atoms with van der Waals surface area (Å²) < 4.78 is 44.8. The number of nitrogens with one attached hydrogen (secondary N) is 1. The lowest BCUT2D eigenvalue weighted by atomic mass is 9.96. The Balaban J connectivity index is 1.68. The van der Waals surface area contributed by atoms with Gasteiger partial charge in [-0.2, -0.15) is 5.26 Å². The monoisotopic (exact) mass is 607 g/mol. The lowest BCUT2D eigenvalue weighted by Crippen LogP contribution is -2.18. The zero-order valence-corrected chi connectivity index (χ0v) is 24.2. The van der Waals surface area contributed by atoms with Crippen LogP contribution in [0, 0.1) is 24.1 Å². The number of nitrogens with zero attached hydrogens (tertiary/aromatic N) is 2. The van der Waals surface area contributed by atoms with Crippen LogP contribution in [0.5, 0.6) is 0 Å². The van der Waals surface area contributed by atoms with Crippen molar-refractivity contribution < 1.29 is 22.8 Å². The zero-order chi connectivity index (χ0) is 30.3. The topological polar surface area (TPSA) is 112 Å². The largest absolute Gasteiger partial charge is 0.288 e. The molecule has 0 aliphatic carbocycles. The molecule has 10 heteroatoms. The van der Waals surface area contributed by atoms with Gasteiger partial charge in [0.05, 0.1) is 16.1 Å². The van der Waals surface area contributed by atoms with Crippen LogP contribution in [0.3, 0.4) is 0 Å². The Kier molecular flexibility index (Phi) is 7.15. The summed E-state index contributed by atoms with van der Waals surface area (Å²) in [4.78, 5) is 12.2. The number of carbonyl (C=O) groups is 1. The zero-order valence-electron chi connectivity index (χ0n) is 22.6. The number of carbonyl (C=O) groups excluding carboxylic acids is 1. The number of aryl methyl sites for hydroxylation is 1. The number of hydrogen-bond donors (Lipinski definition) is 2. The van der Waals surface area contributed by atoms with Crippen molar-refractivity contribution in [2.45, 2.75) is 11.8 Å². The number of aromatic nitrogens is 1. The van der Waals surface area contributed by atoms with Crippen LogP contribution in [0.4, 0.5) is 4.39 Å². The third-order valence-corrected chi connectivity index (χ3v) is 9.75. The number of rotatable bonds is 6. The molecule has 212 valence electrons. The van der Waals surface area contributed by atoms with Gasteiger partial charge in [0.25, 0.3) is 15.9 Å². The number of thiophene rings is 1. The predicted octanol–water partition coefficient (Wildman–Crippen LogP) is 7.38. The molecule has 2 heterocycles. The van der Waals surface area contributed by atoms with E-state index in [0.29, 0.717) is 27.0 Å². The quantitative estimate of drug-likeness (QED) is 0.152. The van der Waals surface area contributed by atoms with Crippen LogP contribution in [0.1, 0.15) is 20.8 Å². The average molecular weight is 608 g/mol. The maximum absolute atomic E-state index is 14.8. The Hall–Kier alpha value is -5.08. The number of fused-ring (bicyclic) bond motifs is 1. The van der Waals surface area contributed by atoms with E-state index in [4.69, 9.17) is 5.21 Å². The van der Waals surface area contributed by atoms with Crippen LogP contribution in [0.2, 0.25) is 0 Å². The van der Waals surface area contributed by atoms with Gasteiger partial charge < -0.3 is 0 Å². The Morgan fingerprint density at radius 3 is 2.35 bits per heavy atom. The molecule has 6 rings (SSSR count). The van der Waals surface area contributed by atoms with E-state index in [2.05, 4.69) is 6.07 Å². The highest BCUT2D eigenvalue weighted by Crippen LogP contribution is 2.45. The molecule has 0 spiro atoms. The van der Waals surface area contributed by atoms with E-state index >= 15 is 0 Å². The van der Waals surface area contributed by atoms with Crippen molar-refractivity contribution >= 4 is 38.2 Å². The van der Waals surface area contributed by atoms with Gasteiger partial charge in [0.2, 0.25) is 0 Å². The maximum Gasteiger partial charge on any atom is 0.274 e. The van der Waals surface area contributed by atoms with E-state index in [1.54, 1.807) is 65.5 Å². The fourth-order valence-corrected chi connectivity index (χ4v) is 7.39. The normalized spacial score (nSPS) is 11.4. The molecule has 7 nitrogen and oxygen atoms in total. The standard InChI is InChI=1S/C33H22FN3O4S2/c1-20-5-12-26(13-6-20)43(40,41)37-29-14-11-25(34)18-28(29)31(27-15-16-42-30(27)19-35)32(37)24-4-2-3-23(17-24)21-7-9-22(10-8-21)33(38)36-39/h2-18,39H,1H3,(H,36,38). The molecule has 2 aromatic heterocycles. The van der Waals surface area contributed by atoms with Crippen molar-refractivity contribution in [3.63, 3.8) is 0 Å². The molecule has 43 heavy (non-hydrogen) atoms. The number of benzene rings is 4. The van der Waals surface area contributed by atoms with E-state index in [-0.39, 0.29) is 21.7 Å². The molecule has 0 unspecified atom stereocenters. The second kappa shape index (κ2) is 11.0. The van der Waals surface area contributed by atoms with Gasteiger partial charge in [0, 0.05) is 27.6 Å². The van der Waals surface area contributed by atoms with Crippen molar-refractivity contribution in [1.29, 1.82) is 5.26 Å². The first kappa shape index (κ1) is 28.1. The molecule has 0 saturated heterocycles. The Morgan fingerprint density at radius 2 is 1.65 bits per heavy atom. The Morgan fingerprint density at radius 1 is 0.930 bits per heavy atom. The van der Waals surface area contributed by atoms with Crippen molar-refractivity contribution in [3.8, 4) is 39.6 Å². The Labute approximate surface area is 250 Å². The van der Waals surface area contributed by atoms with E-state index in [1.807, 2.05) is 19.1 Å². The van der Waals surface area contributed by atoms with Gasteiger partial charge in [0.1, 0.15) is 16.8 Å². The highest BCUT2D eigenvalue weighted by molar-refractivity contribution is 7.90. The summed E-state index contributed by atoms with van der Waals surface area (Å²) in [6, 6.07) is 28.1. The summed E-state index contributed by atoms with van der Waals surface area (Å²) in [5, 5.41) is 21.0.